The van der Waals surface area contributed by atoms with Crippen LogP contribution in [0.5, 0.6) is 0 Å². The first-order valence-corrected chi connectivity index (χ1v) is 6.16. The monoisotopic (exact) mass is 239 g/mol. The van der Waals surface area contributed by atoms with E-state index >= 15 is 0 Å². The molecule has 2 atom stereocenters. The van der Waals surface area contributed by atoms with Gasteiger partial charge in [-0.05, 0) is 13.1 Å². The van der Waals surface area contributed by atoms with Crippen LogP contribution in [0.3, 0.4) is 0 Å². The minimum absolute atomic E-state index is 0.241. The standard InChI is InChI=1S/C11H21N5O/c1-3-4-5-6-7-8-9(12-2)10(17)11-13-15-16-14-11/h9-10,17H,2-8H2,1H3,(H,13,14,15,16). The molecule has 0 aromatic carbocycles. The molecule has 2 unspecified atom stereocenters. The molecule has 1 rings (SSSR count). The van der Waals surface area contributed by atoms with E-state index in [-0.39, 0.29) is 11.9 Å². The predicted molar refractivity (Wildman–Crippen MR) is 65.9 cm³/mol. The molecule has 0 aliphatic heterocycles. The first-order valence-electron chi connectivity index (χ1n) is 6.16. The third kappa shape index (κ3) is 4.60. The third-order valence-corrected chi connectivity index (χ3v) is 2.83. The molecule has 0 saturated heterocycles. The second-order valence-corrected chi connectivity index (χ2v) is 4.17. The Hall–Kier alpha value is -1.30. The molecule has 1 heterocycles. The number of tetrazole rings is 1. The van der Waals surface area contributed by atoms with Gasteiger partial charge in [0, 0.05) is 0 Å². The van der Waals surface area contributed by atoms with Gasteiger partial charge < -0.3 is 5.11 Å². The molecular formula is C11H21N5O. The van der Waals surface area contributed by atoms with Gasteiger partial charge in [0.25, 0.3) is 0 Å². The Kier molecular flexibility index (Phi) is 6.39. The minimum Gasteiger partial charge on any atom is -0.383 e. The Morgan fingerprint density at radius 2 is 2.12 bits per heavy atom. The number of nitrogens with zero attached hydrogens (tertiary/aromatic N) is 4. The van der Waals surface area contributed by atoms with E-state index in [0.29, 0.717) is 0 Å². The van der Waals surface area contributed by atoms with E-state index in [0.717, 1.165) is 12.8 Å². The molecule has 0 fully saturated rings. The SMILES string of the molecule is C=NC(CCCCCCC)C(O)c1nn[nH]n1. The zero-order valence-electron chi connectivity index (χ0n) is 10.3. The largest absolute Gasteiger partial charge is 0.383 e. The summed E-state index contributed by atoms with van der Waals surface area (Å²) in [5, 5.41) is 23.2. The zero-order chi connectivity index (χ0) is 12.5. The van der Waals surface area contributed by atoms with Crippen LogP contribution in [-0.2, 0) is 0 Å². The molecule has 2 N–H and O–H groups in total. The van der Waals surface area contributed by atoms with Crippen molar-refractivity contribution >= 4 is 6.72 Å². The van der Waals surface area contributed by atoms with Gasteiger partial charge in [-0.3, -0.25) is 4.99 Å². The topological polar surface area (TPSA) is 87.0 Å². The molecule has 0 spiro atoms. The summed E-state index contributed by atoms with van der Waals surface area (Å²) in [6.07, 6.45) is 5.94. The zero-order valence-corrected chi connectivity index (χ0v) is 10.3. The molecule has 1 aromatic rings. The molecule has 6 nitrogen and oxygen atoms in total. The molecule has 0 aliphatic rings. The Morgan fingerprint density at radius 3 is 2.71 bits per heavy atom. The highest BCUT2D eigenvalue weighted by Crippen LogP contribution is 2.20. The molecule has 0 saturated carbocycles. The fraction of sp³-hybridized carbons (Fsp3) is 0.818. The molecule has 96 valence electrons. The van der Waals surface area contributed by atoms with Gasteiger partial charge >= 0.3 is 0 Å². The number of aromatic nitrogens is 4. The van der Waals surface area contributed by atoms with Crippen molar-refractivity contribution in [3.8, 4) is 0 Å². The van der Waals surface area contributed by atoms with Gasteiger partial charge in [0.2, 0.25) is 5.82 Å². The number of aliphatic hydroxyl groups excluding tert-OH is 1. The van der Waals surface area contributed by atoms with Crippen molar-refractivity contribution in [1.29, 1.82) is 0 Å². The quantitative estimate of drug-likeness (QED) is 0.507. The number of aliphatic hydroxyl groups is 1. The molecular weight excluding hydrogens is 218 g/mol. The summed E-state index contributed by atoms with van der Waals surface area (Å²) in [4.78, 5) is 3.94. The van der Waals surface area contributed by atoms with Gasteiger partial charge in [0.15, 0.2) is 0 Å². The number of rotatable bonds is 9. The van der Waals surface area contributed by atoms with Crippen molar-refractivity contribution in [2.45, 2.75) is 57.6 Å². The van der Waals surface area contributed by atoms with Crippen molar-refractivity contribution in [2.24, 2.45) is 4.99 Å². The molecule has 0 bridgehead atoms. The Balaban J connectivity index is 2.30. The number of aromatic amines is 1. The first kappa shape index (κ1) is 13.8. The van der Waals surface area contributed by atoms with Gasteiger partial charge in [-0.15, -0.1) is 10.2 Å². The van der Waals surface area contributed by atoms with Crippen molar-refractivity contribution in [3.63, 3.8) is 0 Å². The Labute approximate surface area is 102 Å². The number of hydrogen-bond acceptors (Lipinski definition) is 5. The van der Waals surface area contributed by atoms with Crippen LogP contribution in [-0.4, -0.2) is 38.5 Å². The van der Waals surface area contributed by atoms with E-state index in [1.54, 1.807) is 0 Å². The second-order valence-electron chi connectivity index (χ2n) is 4.17. The van der Waals surface area contributed by atoms with Crippen LogP contribution < -0.4 is 0 Å². The van der Waals surface area contributed by atoms with Crippen molar-refractivity contribution in [2.75, 3.05) is 0 Å². The maximum atomic E-state index is 9.95. The summed E-state index contributed by atoms with van der Waals surface area (Å²) in [5.74, 6) is 0.288. The van der Waals surface area contributed by atoms with Gasteiger partial charge in [0.05, 0.1) is 6.04 Å². The smallest absolute Gasteiger partial charge is 0.205 e. The molecule has 1 aromatic heterocycles. The Bertz CT molecular complexity index is 301. The first-order chi connectivity index (χ1) is 8.29. The van der Waals surface area contributed by atoms with E-state index < -0.39 is 6.10 Å². The van der Waals surface area contributed by atoms with Crippen molar-refractivity contribution < 1.29 is 5.11 Å². The normalized spacial score (nSPS) is 14.5. The highest BCUT2D eigenvalue weighted by Gasteiger charge is 2.22. The molecule has 17 heavy (non-hydrogen) atoms. The van der Waals surface area contributed by atoms with Crippen LogP contribution in [0.15, 0.2) is 4.99 Å². The van der Waals surface area contributed by atoms with Crippen LogP contribution in [0.2, 0.25) is 0 Å². The van der Waals surface area contributed by atoms with E-state index in [1.165, 1.54) is 25.7 Å². The van der Waals surface area contributed by atoms with E-state index in [4.69, 9.17) is 0 Å². The van der Waals surface area contributed by atoms with Gasteiger partial charge in [-0.2, -0.15) is 5.21 Å². The maximum Gasteiger partial charge on any atom is 0.205 e. The third-order valence-electron chi connectivity index (χ3n) is 2.83. The van der Waals surface area contributed by atoms with Crippen LogP contribution in [0, 0.1) is 0 Å². The van der Waals surface area contributed by atoms with Crippen LogP contribution >= 0.6 is 0 Å². The lowest BCUT2D eigenvalue weighted by Gasteiger charge is -2.15. The van der Waals surface area contributed by atoms with Gasteiger partial charge in [-0.1, -0.05) is 44.2 Å². The summed E-state index contributed by atoms with van der Waals surface area (Å²) in [5.41, 5.74) is 0. The molecule has 0 radical (unpaired) electrons. The summed E-state index contributed by atoms with van der Waals surface area (Å²) in [6.45, 7) is 5.70. The number of nitrogens with one attached hydrogen (secondary N) is 1. The minimum atomic E-state index is -0.808. The lowest BCUT2D eigenvalue weighted by atomic mass is 10.0. The van der Waals surface area contributed by atoms with Crippen LogP contribution in [0.25, 0.3) is 0 Å². The lowest BCUT2D eigenvalue weighted by molar-refractivity contribution is 0.133. The lowest BCUT2D eigenvalue weighted by Crippen LogP contribution is -2.17. The summed E-state index contributed by atoms with van der Waals surface area (Å²) < 4.78 is 0. The molecule has 0 aliphatic carbocycles. The highest BCUT2D eigenvalue weighted by atomic mass is 16.3. The fourth-order valence-corrected chi connectivity index (χ4v) is 1.77. The van der Waals surface area contributed by atoms with E-state index in [1.807, 2.05) is 0 Å². The highest BCUT2D eigenvalue weighted by molar-refractivity contribution is 5.24. The van der Waals surface area contributed by atoms with Crippen molar-refractivity contribution in [3.05, 3.63) is 5.82 Å². The second kappa shape index (κ2) is 7.89. The van der Waals surface area contributed by atoms with Crippen LogP contribution in [0.4, 0.5) is 0 Å². The van der Waals surface area contributed by atoms with E-state index in [2.05, 4.69) is 39.3 Å². The average Bonchev–Trinajstić information content (AvgIpc) is 2.87. The number of H-pyrrole nitrogens is 1. The summed E-state index contributed by atoms with van der Waals surface area (Å²) in [6, 6.07) is -0.241. The van der Waals surface area contributed by atoms with Gasteiger partial charge in [-0.25, -0.2) is 0 Å². The average molecular weight is 239 g/mol. The number of unbranched alkanes of at least 4 members (excludes halogenated alkanes) is 4. The van der Waals surface area contributed by atoms with Crippen molar-refractivity contribution in [1.82, 2.24) is 20.6 Å². The summed E-state index contributed by atoms with van der Waals surface area (Å²) in [7, 11) is 0. The van der Waals surface area contributed by atoms with Crippen LogP contribution in [0.1, 0.15) is 57.4 Å². The predicted octanol–water partition coefficient (Wildman–Crippen LogP) is 1.66. The summed E-state index contributed by atoms with van der Waals surface area (Å²) >= 11 is 0. The van der Waals surface area contributed by atoms with E-state index in [9.17, 15) is 5.11 Å². The maximum absolute atomic E-state index is 9.95. The number of hydrogen-bond donors (Lipinski definition) is 2. The molecule has 0 amide bonds. The van der Waals surface area contributed by atoms with Gasteiger partial charge in [0.1, 0.15) is 6.10 Å². The number of aliphatic imine (C=N–C) groups is 1. The fourth-order valence-electron chi connectivity index (χ4n) is 1.77. The molecule has 6 heteroatoms. The Morgan fingerprint density at radius 1 is 1.35 bits per heavy atom.